The van der Waals surface area contributed by atoms with Crippen LogP contribution >= 0.6 is 0 Å². The molecule has 3 fully saturated rings. The summed E-state index contributed by atoms with van der Waals surface area (Å²) in [6, 6.07) is 0. The highest BCUT2D eigenvalue weighted by atomic mass is 16.3. The van der Waals surface area contributed by atoms with Crippen LogP contribution in [0.2, 0.25) is 0 Å². The predicted molar refractivity (Wildman–Crippen MR) is 73.7 cm³/mol. The highest BCUT2D eigenvalue weighted by Gasteiger charge is 2.71. The number of aliphatic hydroxyl groups is 2. The zero-order valence-corrected chi connectivity index (χ0v) is 12.0. The third-order valence-corrected chi connectivity index (χ3v) is 6.46. The molecule has 1 spiro atoms. The van der Waals surface area contributed by atoms with Crippen LogP contribution in [0.4, 0.5) is 0 Å². The lowest BCUT2D eigenvalue weighted by atomic mass is 9.54. The van der Waals surface area contributed by atoms with Gasteiger partial charge in [0.05, 0.1) is 6.10 Å². The van der Waals surface area contributed by atoms with Crippen molar-refractivity contribution in [3.8, 4) is 0 Å². The average molecular weight is 277 g/mol. The molecular weight excluding hydrogens is 254 g/mol. The molecule has 110 valence electrons. The number of carbonyl (C=O) groups excluding carboxylic acids is 1. The highest BCUT2D eigenvalue weighted by molar-refractivity contribution is 5.86. The molecule has 2 N–H and O–H groups in total. The van der Waals surface area contributed by atoms with Crippen molar-refractivity contribution < 1.29 is 15.0 Å². The minimum atomic E-state index is -0.946. The second-order valence-electron chi connectivity index (χ2n) is 7.24. The van der Waals surface area contributed by atoms with Crippen LogP contribution in [0.3, 0.4) is 0 Å². The summed E-state index contributed by atoms with van der Waals surface area (Å²) in [4.78, 5) is 14.7. The molecule has 4 aliphatic rings. The first-order valence-corrected chi connectivity index (χ1v) is 7.86. The van der Waals surface area contributed by atoms with Gasteiger partial charge in [-0.05, 0) is 25.2 Å². The maximum Gasteiger partial charge on any atom is 0.137 e. The lowest BCUT2D eigenvalue weighted by Gasteiger charge is -2.60. The smallest absolute Gasteiger partial charge is 0.137 e. The monoisotopic (exact) mass is 277 g/mol. The molecular formula is C16H23NO3. The first kappa shape index (κ1) is 13.0. The van der Waals surface area contributed by atoms with Gasteiger partial charge in [-0.25, -0.2) is 0 Å². The third kappa shape index (κ3) is 1.26. The first-order chi connectivity index (χ1) is 9.50. The predicted octanol–water partition coefficient (Wildman–Crippen LogP) is 0.933. The molecule has 2 bridgehead atoms. The van der Waals surface area contributed by atoms with Crippen LogP contribution < -0.4 is 0 Å². The largest absolute Gasteiger partial charge is 0.393 e. The van der Waals surface area contributed by atoms with Gasteiger partial charge in [0.15, 0.2) is 0 Å². The van der Waals surface area contributed by atoms with Gasteiger partial charge in [-0.1, -0.05) is 19.1 Å². The minimum Gasteiger partial charge on any atom is -0.393 e. The molecule has 4 heteroatoms. The average Bonchev–Trinajstić information content (AvgIpc) is 2.67. The Kier molecular flexibility index (Phi) is 2.55. The van der Waals surface area contributed by atoms with Crippen molar-refractivity contribution >= 4 is 5.78 Å². The molecule has 0 aromatic rings. The molecule has 0 aromatic carbocycles. The SMILES string of the molecule is C[C@H]1C[C@@]2(O)N3CC=C[C@]24[C@H](CCC3)C(=O)C[C@@H]4[C@@H]1O. The minimum absolute atomic E-state index is 0.0387. The molecule has 1 unspecified atom stereocenters. The van der Waals surface area contributed by atoms with Crippen LogP contribution in [0.25, 0.3) is 0 Å². The zero-order chi connectivity index (χ0) is 14.1. The molecule has 1 saturated heterocycles. The van der Waals surface area contributed by atoms with Crippen LogP contribution in [0.1, 0.15) is 32.6 Å². The molecule has 20 heavy (non-hydrogen) atoms. The Morgan fingerprint density at radius 1 is 1.45 bits per heavy atom. The van der Waals surface area contributed by atoms with E-state index >= 15 is 0 Å². The van der Waals surface area contributed by atoms with E-state index in [2.05, 4.69) is 17.1 Å². The Hall–Kier alpha value is -0.710. The van der Waals surface area contributed by atoms with Crippen molar-refractivity contribution in [2.24, 2.45) is 23.2 Å². The summed E-state index contributed by atoms with van der Waals surface area (Å²) in [5.74, 6) is 0.0545. The van der Waals surface area contributed by atoms with Gasteiger partial charge < -0.3 is 10.2 Å². The van der Waals surface area contributed by atoms with Gasteiger partial charge in [-0.3, -0.25) is 9.69 Å². The topological polar surface area (TPSA) is 60.8 Å². The molecule has 4 rings (SSSR count). The van der Waals surface area contributed by atoms with Gasteiger partial charge in [0, 0.05) is 36.8 Å². The zero-order valence-electron chi connectivity index (χ0n) is 12.0. The van der Waals surface area contributed by atoms with Gasteiger partial charge in [-0.15, -0.1) is 0 Å². The van der Waals surface area contributed by atoms with Crippen molar-refractivity contribution in [2.45, 2.75) is 44.4 Å². The summed E-state index contributed by atoms with van der Waals surface area (Å²) < 4.78 is 0. The first-order valence-electron chi connectivity index (χ1n) is 7.86. The second kappa shape index (κ2) is 3.93. The number of aliphatic hydroxyl groups excluding tert-OH is 1. The summed E-state index contributed by atoms with van der Waals surface area (Å²) in [5.41, 5.74) is -1.50. The van der Waals surface area contributed by atoms with E-state index in [1.165, 1.54) is 0 Å². The Bertz CT molecular complexity index is 490. The third-order valence-electron chi connectivity index (χ3n) is 6.46. The van der Waals surface area contributed by atoms with Gasteiger partial charge in [-0.2, -0.15) is 0 Å². The Morgan fingerprint density at radius 3 is 3.05 bits per heavy atom. The summed E-state index contributed by atoms with van der Waals surface area (Å²) in [6.45, 7) is 3.61. The molecule has 4 nitrogen and oxygen atoms in total. The van der Waals surface area contributed by atoms with E-state index in [-0.39, 0.29) is 23.5 Å². The van der Waals surface area contributed by atoms with E-state index in [1.54, 1.807) is 0 Å². The lowest BCUT2D eigenvalue weighted by molar-refractivity contribution is -0.249. The molecule has 0 amide bonds. The molecule has 0 aromatic heterocycles. The fourth-order valence-electron chi connectivity index (χ4n) is 5.64. The summed E-state index contributed by atoms with van der Waals surface area (Å²) >= 11 is 0. The van der Waals surface area contributed by atoms with Gasteiger partial charge >= 0.3 is 0 Å². The fourth-order valence-corrected chi connectivity index (χ4v) is 5.64. The standard InChI is InChI=1S/C16H23NO3/c1-10-9-16(20)15-5-3-7-17(16)6-2-4-11(15)13(18)8-12(15)14(10)19/h3,5,10-12,14,19-20H,2,4,6-9H2,1H3/t10-,11+,12+,14+,15+,16-/m0/s1. The molecule has 0 radical (unpaired) electrons. The van der Waals surface area contributed by atoms with Crippen LogP contribution in [-0.4, -0.2) is 45.8 Å². The van der Waals surface area contributed by atoms with Crippen molar-refractivity contribution in [3.05, 3.63) is 12.2 Å². The number of nitrogens with zero attached hydrogens (tertiary/aromatic N) is 1. The van der Waals surface area contributed by atoms with Crippen molar-refractivity contribution in [2.75, 3.05) is 13.1 Å². The van der Waals surface area contributed by atoms with Crippen LogP contribution in [0, 0.1) is 23.2 Å². The van der Waals surface area contributed by atoms with Gasteiger partial charge in [0.2, 0.25) is 0 Å². The van der Waals surface area contributed by atoms with E-state index in [0.29, 0.717) is 12.8 Å². The summed E-state index contributed by atoms with van der Waals surface area (Å²) in [7, 11) is 0. The number of carbonyl (C=O) groups is 1. The number of rotatable bonds is 0. The number of Topliss-reactive ketones (excluding diaryl/α,β-unsaturated/α-hetero) is 1. The summed E-state index contributed by atoms with van der Waals surface area (Å²) in [5, 5.41) is 22.2. The normalized spacial score (nSPS) is 57.4. The quantitative estimate of drug-likeness (QED) is 0.647. The van der Waals surface area contributed by atoms with E-state index in [9.17, 15) is 15.0 Å². The van der Waals surface area contributed by atoms with Crippen LogP contribution in [0.5, 0.6) is 0 Å². The number of hydrogen-bond donors (Lipinski definition) is 2. The summed E-state index contributed by atoms with van der Waals surface area (Å²) in [6.07, 6.45) is 6.51. The van der Waals surface area contributed by atoms with E-state index in [4.69, 9.17) is 0 Å². The lowest BCUT2D eigenvalue weighted by Crippen LogP contribution is -2.69. The molecule has 7 atom stereocenters. The molecule has 2 saturated carbocycles. The second-order valence-corrected chi connectivity index (χ2v) is 7.24. The maximum atomic E-state index is 12.5. The Morgan fingerprint density at radius 2 is 2.25 bits per heavy atom. The van der Waals surface area contributed by atoms with Crippen molar-refractivity contribution in [1.29, 1.82) is 0 Å². The van der Waals surface area contributed by atoms with E-state index in [0.717, 1.165) is 25.9 Å². The molecule has 2 aliphatic heterocycles. The van der Waals surface area contributed by atoms with Crippen molar-refractivity contribution in [3.63, 3.8) is 0 Å². The Labute approximate surface area is 119 Å². The van der Waals surface area contributed by atoms with Crippen molar-refractivity contribution in [1.82, 2.24) is 4.90 Å². The fraction of sp³-hybridized carbons (Fsp3) is 0.812. The molecule has 2 heterocycles. The van der Waals surface area contributed by atoms with Crippen LogP contribution in [-0.2, 0) is 4.79 Å². The number of hydrogen-bond acceptors (Lipinski definition) is 4. The Balaban J connectivity index is 1.96. The highest BCUT2D eigenvalue weighted by Crippen LogP contribution is 2.64. The van der Waals surface area contributed by atoms with Gasteiger partial charge in [0.1, 0.15) is 11.5 Å². The van der Waals surface area contributed by atoms with Crippen LogP contribution in [0.15, 0.2) is 12.2 Å². The van der Waals surface area contributed by atoms with E-state index < -0.39 is 17.2 Å². The maximum absolute atomic E-state index is 12.5. The number of ketones is 1. The van der Waals surface area contributed by atoms with E-state index in [1.807, 2.05) is 6.92 Å². The van der Waals surface area contributed by atoms with Gasteiger partial charge in [0.25, 0.3) is 0 Å². The molecule has 2 aliphatic carbocycles.